The molecule has 0 aliphatic heterocycles. The first kappa shape index (κ1) is 36.7. The Bertz CT molecular complexity index is 1970. The zero-order chi connectivity index (χ0) is 33.2. The molecule has 247 valence electrons. The van der Waals surface area contributed by atoms with Crippen molar-refractivity contribution in [3.05, 3.63) is 108 Å². The first-order valence-electron chi connectivity index (χ1n) is 16.3. The van der Waals surface area contributed by atoms with Gasteiger partial charge in [0.15, 0.2) is 0 Å². The normalized spacial score (nSPS) is 11.8. The maximum atomic E-state index is 5.86. The van der Waals surface area contributed by atoms with Crippen LogP contribution in [0.1, 0.15) is 57.0 Å². The molecule has 0 atom stereocenters. The van der Waals surface area contributed by atoms with Gasteiger partial charge in [0.25, 0.3) is 0 Å². The molecule has 0 saturated heterocycles. The molecule has 0 fully saturated rings. The van der Waals surface area contributed by atoms with Gasteiger partial charge in [0.05, 0.1) is 5.58 Å². The standard InChI is InChI=1S/C22H21N2O.C19H26GeN.Ir/c1-13(2)9-17-11-20(23-12-14(17)3)16-6-8-21-19(10-16)18-7-5-15(4)24-22(18)25-21;1-19(2,3)13-16-12-18(15-10-8-7-9-11-15)21-14-17(16)20(4,5)6;/h5,7-8,10-13H,9H2,1-4H3;7-10,12,14H,13H2,1-6H3;/q2*-1;. The molecule has 0 aliphatic carbocycles. The number of pyridine rings is 3. The summed E-state index contributed by atoms with van der Waals surface area (Å²) in [7, 11) is 0. The fraction of sp³-hybridized carbons (Fsp3) is 0.341. The van der Waals surface area contributed by atoms with Crippen LogP contribution in [0.3, 0.4) is 0 Å². The summed E-state index contributed by atoms with van der Waals surface area (Å²) in [5.41, 5.74) is 10.9. The maximum Gasteiger partial charge on any atom is 0.216 e. The molecule has 0 unspecified atom stereocenters. The van der Waals surface area contributed by atoms with Crippen molar-refractivity contribution < 1.29 is 24.5 Å². The second-order valence-corrected chi connectivity index (χ2v) is 25.7. The Labute approximate surface area is 297 Å². The van der Waals surface area contributed by atoms with Crippen molar-refractivity contribution in [3.63, 3.8) is 0 Å². The van der Waals surface area contributed by atoms with Gasteiger partial charge < -0.3 is 9.40 Å². The van der Waals surface area contributed by atoms with Crippen molar-refractivity contribution in [2.24, 2.45) is 11.3 Å². The molecule has 4 nitrogen and oxygen atoms in total. The van der Waals surface area contributed by atoms with E-state index in [1.165, 1.54) is 21.1 Å². The summed E-state index contributed by atoms with van der Waals surface area (Å²) in [6.45, 7) is 15.5. The van der Waals surface area contributed by atoms with Crippen molar-refractivity contribution in [3.8, 4) is 22.5 Å². The van der Waals surface area contributed by atoms with E-state index in [9.17, 15) is 0 Å². The van der Waals surface area contributed by atoms with Gasteiger partial charge in [0, 0.05) is 37.4 Å². The molecule has 6 aromatic rings. The van der Waals surface area contributed by atoms with E-state index in [0.29, 0.717) is 17.0 Å². The van der Waals surface area contributed by atoms with Crippen LogP contribution in [0.15, 0.2) is 77.5 Å². The largest absolute Gasteiger partial charge is 0.486 e. The molecular formula is C41H47GeIrN3O-2. The SMILES string of the molecule is CC(C)(C)Cc1cc(-c2[c-]cccc2)nc[c]1[Ge]([CH3])([CH3])[CH3].Cc1ccc2c(n1)oc1c[c-]c(-c3cc(CC(C)C)c(C)cn3)cc12.[Ir]. The predicted molar refractivity (Wildman–Crippen MR) is 196 cm³/mol. The molecule has 0 aliphatic rings. The number of furan rings is 1. The van der Waals surface area contributed by atoms with Crippen molar-refractivity contribution in [2.45, 2.75) is 78.6 Å². The Kier molecular flexibility index (Phi) is 11.7. The zero-order valence-corrected chi connectivity index (χ0v) is 34.0. The third kappa shape index (κ3) is 9.28. The van der Waals surface area contributed by atoms with Crippen LogP contribution in [0.4, 0.5) is 0 Å². The number of aryl methyl sites for hydroxylation is 2. The monoisotopic (exact) mass is 864 g/mol. The minimum Gasteiger partial charge on any atom is -0.486 e. The van der Waals surface area contributed by atoms with Crippen LogP contribution < -0.4 is 4.40 Å². The number of fused-ring (bicyclic) bond motifs is 3. The van der Waals surface area contributed by atoms with Crippen LogP contribution >= 0.6 is 0 Å². The Morgan fingerprint density at radius 3 is 2.19 bits per heavy atom. The van der Waals surface area contributed by atoms with Crippen molar-refractivity contribution >= 4 is 39.7 Å². The first-order valence-corrected chi connectivity index (χ1v) is 23.7. The number of hydrogen-bond donors (Lipinski definition) is 0. The molecule has 1 radical (unpaired) electrons. The smallest absolute Gasteiger partial charge is 0.216 e. The second-order valence-electron chi connectivity index (χ2n) is 15.1. The van der Waals surface area contributed by atoms with Gasteiger partial charge in [0.2, 0.25) is 5.71 Å². The molecule has 0 bridgehead atoms. The van der Waals surface area contributed by atoms with Crippen molar-refractivity contribution in [1.29, 1.82) is 0 Å². The summed E-state index contributed by atoms with van der Waals surface area (Å²) in [5.74, 6) is 7.94. The van der Waals surface area contributed by atoms with Crippen LogP contribution in [0.5, 0.6) is 0 Å². The Morgan fingerprint density at radius 1 is 0.830 bits per heavy atom. The Balaban J connectivity index is 0.000000212. The van der Waals surface area contributed by atoms with Gasteiger partial charge >= 0.3 is 132 Å². The van der Waals surface area contributed by atoms with Gasteiger partial charge in [-0.05, 0) is 49.6 Å². The predicted octanol–water partition coefficient (Wildman–Crippen LogP) is 10.3. The van der Waals surface area contributed by atoms with E-state index >= 15 is 0 Å². The maximum absolute atomic E-state index is 5.86. The van der Waals surface area contributed by atoms with Crippen LogP contribution in [-0.4, -0.2) is 28.2 Å². The minimum atomic E-state index is -1.90. The summed E-state index contributed by atoms with van der Waals surface area (Å²) in [6.07, 6.45) is 6.26. The van der Waals surface area contributed by atoms with Gasteiger partial charge in [-0.25, -0.2) is 4.98 Å². The van der Waals surface area contributed by atoms with Gasteiger partial charge in [-0.2, -0.15) is 0 Å². The van der Waals surface area contributed by atoms with Gasteiger partial charge in [0.1, 0.15) is 0 Å². The molecule has 0 spiro atoms. The van der Waals surface area contributed by atoms with Crippen molar-refractivity contribution in [1.82, 2.24) is 15.0 Å². The number of hydrogen-bond acceptors (Lipinski definition) is 4. The molecular weight excluding hydrogens is 815 g/mol. The molecule has 4 aromatic heterocycles. The molecule has 6 rings (SSSR count). The third-order valence-corrected chi connectivity index (χ3v) is 12.4. The second kappa shape index (κ2) is 15.0. The van der Waals surface area contributed by atoms with Crippen LogP contribution in [0.25, 0.3) is 44.6 Å². The summed E-state index contributed by atoms with van der Waals surface area (Å²) < 4.78 is 7.39. The summed E-state index contributed by atoms with van der Waals surface area (Å²) >= 11 is -1.90. The number of benzene rings is 2. The fourth-order valence-corrected chi connectivity index (χ4v) is 9.11. The zero-order valence-electron chi connectivity index (χ0n) is 29.5. The molecule has 4 heterocycles. The molecule has 0 saturated carbocycles. The van der Waals surface area contributed by atoms with E-state index in [1.807, 2.05) is 43.5 Å². The van der Waals surface area contributed by atoms with Gasteiger partial charge in [-0.1, -0.05) is 30.9 Å². The van der Waals surface area contributed by atoms with Crippen molar-refractivity contribution in [2.75, 3.05) is 0 Å². The first-order chi connectivity index (χ1) is 21.7. The minimum absolute atomic E-state index is 0. The Hall–Kier alpha value is -3.12. The number of aromatic nitrogens is 3. The van der Waals surface area contributed by atoms with E-state index in [-0.39, 0.29) is 20.1 Å². The van der Waals surface area contributed by atoms with E-state index in [2.05, 4.69) is 117 Å². The Morgan fingerprint density at radius 2 is 1.53 bits per heavy atom. The van der Waals surface area contributed by atoms with E-state index < -0.39 is 13.3 Å². The van der Waals surface area contributed by atoms with E-state index in [1.54, 1.807) is 0 Å². The van der Waals surface area contributed by atoms with Crippen LogP contribution in [0, 0.1) is 37.3 Å². The molecule has 0 N–H and O–H groups in total. The molecule has 2 aromatic carbocycles. The van der Waals surface area contributed by atoms with Gasteiger partial charge in [-0.3, -0.25) is 0 Å². The quantitative estimate of drug-likeness (QED) is 0.124. The van der Waals surface area contributed by atoms with Gasteiger partial charge in [-0.15, -0.1) is 23.8 Å². The molecule has 6 heteroatoms. The number of nitrogens with zero attached hydrogens (tertiary/aromatic N) is 3. The third-order valence-electron chi connectivity index (χ3n) is 8.03. The van der Waals surface area contributed by atoms with E-state index in [0.717, 1.165) is 57.4 Å². The molecule has 0 amide bonds. The average Bonchev–Trinajstić information content (AvgIpc) is 3.34. The fourth-order valence-electron chi connectivity index (χ4n) is 5.80. The van der Waals surface area contributed by atoms with E-state index in [4.69, 9.17) is 9.40 Å². The molecule has 47 heavy (non-hydrogen) atoms. The summed E-state index contributed by atoms with van der Waals surface area (Å²) in [6, 6.07) is 27.3. The summed E-state index contributed by atoms with van der Waals surface area (Å²) in [5, 5.41) is 2.09. The average molecular weight is 863 g/mol. The van der Waals surface area contributed by atoms with Crippen LogP contribution in [0.2, 0.25) is 17.3 Å². The topological polar surface area (TPSA) is 51.8 Å². The van der Waals surface area contributed by atoms with Crippen LogP contribution in [-0.2, 0) is 32.9 Å². The number of rotatable bonds is 6. The summed E-state index contributed by atoms with van der Waals surface area (Å²) in [4.78, 5) is 13.8.